The lowest BCUT2D eigenvalue weighted by Gasteiger charge is -2.32. The molecule has 0 spiro atoms. The highest BCUT2D eigenvalue weighted by molar-refractivity contribution is 6.89. The van der Waals surface area contributed by atoms with Crippen LogP contribution in [0.4, 0.5) is 0 Å². The van der Waals surface area contributed by atoms with Crippen molar-refractivity contribution in [1.82, 2.24) is 0 Å². The van der Waals surface area contributed by atoms with E-state index in [0.717, 1.165) is 0 Å². The van der Waals surface area contributed by atoms with Gasteiger partial charge in [0, 0.05) is 0 Å². The fraction of sp³-hybridized carbons (Fsp3) is 0.647. The van der Waals surface area contributed by atoms with Gasteiger partial charge in [-0.2, -0.15) is 0 Å². The third kappa shape index (κ3) is 3.62. The molecule has 1 nitrogen and oxygen atoms in total. The van der Waals surface area contributed by atoms with Crippen LogP contribution in [0.25, 0.3) is 0 Å². The van der Waals surface area contributed by atoms with E-state index < -0.39 is 8.07 Å². The average Bonchev–Trinajstić information content (AvgIpc) is 2.11. The van der Waals surface area contributed by atoms with Crippen LogP contribution in [0.3, 0.4) is 0 Å². The quantitative estimate of drug-likeness (QED) is 0.748. The summed E-state index contributed by atoms with van der Waals surface area (Å²) in [4.78, 5) is 0. The molecule has 1 aromatic rings. The summed E-state index contributed by atoms with van der Waals surface area (Å²) >= 11 is 0. The van der Waals surface area contributed by atoms with E-state index in [2.05, 4.69) is 67.2 Å². The van der Waals surface area contributed by atoms with Gasteiger partial charge in [-0.15, -0.1) is 0 Å². The molecule has 19 heavy (non-hydrogen) atoms. The topological polar surface area (TPSA) is 20.2 Å². The smallest absolute Gasteiger partial charge is 0.115 e. The average molecular weight is 279 g/mol. The first kappa shape index (κ1) is 16.3. The van der Waals surface area contributed by atoms with Crippen molar-refractivity contribution in [3.63, 3.8) is 0 Å². The fourth-order valence-electron chi connectivity index (χ4n) is 2.43. The van der Waals surface area contributed by atoms with Crippen molar-refractivity contribution >= 4 is 13.3 Å². The summed E-state index contributed by atoms with van der Waals surface area (Å²) in [6.45, 7) is 20.2. The number of phenols is 1. The Balaban J connectivity index is 3.66. The Morgan fingerprint density at radius 3 is 1.47 bits per heavy atom. The first-order valence-corrected chi connectivity index (χ1v) is 10.6. The van der Waals surface area contributed by atoms with Gasteiger partial charge in [-0.3, -0.25) is 0 Å². The maximum atomic E-state index is 10.4. The zero-order valence-electron chi connectivity index (χ0n) is 14.1. The van der Waals surface area contributed by atoms with Gasteiger partial charge >= 0.3 is 0 Å². The molecule has 0 heterocycles. The summed E-state index contributed by atoms with van der Waals surface area (Å²) in [6, 6.07) is 4.27. The van der Waals surface area contributed by atoms with Crippen molar-refractivity contribution in [3.8, 4) is 5.75 Å². The van der Waals surface area contributed by atoms with Gasteiger partial charge in [0.25, 0.3) is 0 Å². The molecule has 108 valence electrons. The molecule has 0 aliphatic heterocycles. The van der Waals surface area contributed by atoms with E-state index in [4.69, 9.17) is 0 Å². The summed E-state index contributed by atoms with van der Waals surface area (Å²) in [6.07, 6.45) is 0. The van der Waals surface area contributed by atoms with Crippen LogP contribution in [0, 0.1) is 0 Å². The molecule has 0 bridgehead atoms. The van der Waals surface area contributed by atoms with Gasteiger partial charge < -0.3 is 5.11 Å². The van der Waals surface area contributed by atoms with Gasteiger partial charge in [0.05, 0.1) is 8.07 Å². The lowest BCUT2D eigenvalue weighted by atomic mass is 9.75. The Labute approximate surface area is 120 Å². The van der Waals surface area contributed by atoms with Gasteiger partial charge in [-0.05, 0) is 33.2 Å². The summed E-state index contributed by atoms with van der Waals surface area (Å²) in [5, 5.41) is 11.6. The fourth-order valence-corrected chi connectivity index (χ4v) is 3.85. The van der Waals surface area contributed by atoms with Crippen molar-refractivity contribution in [2.75, 3.05) is 0 Å². The molecule has 0 radical (unpaired) electrons. The number of benzene rings is 1. The van der Waals surface area contributed by atoms with Gasteiger partial charge in [0.2, 0.25) is 0 Å². The van der Waals surface area contributed by atoms with E-state index in [1.54, 1.807) is 0 Å². The van der Waals surface area contributed by atoms with Crippen molar-refractivity contribution in [2.45, 2.75) is 72.0 Å². The van der Waals surface area contributed by atoms with Crippen LogP contribution in [0.5, 0.6) is 5.75 Å². The molecule has 0 amide bonds. The first-order chi connectivity index (χ1) is 8.24. The molecule has 0 aliphatic carbocycles. The predicted octanol–water partition coefficient (Wildman–Crippen LogP) is 4.53. The van der Waals surface area contributed by atoms with E-state index in [0.29, 0.717) is 5.75 Å². The molecule has 0 unspecified atom stereocenters. The third-order valence-corrected chi connectivity index (χ3v) is 5.58. The zero-order valence-corrected chi connectivity index (χ0v) is 15.1. The van der Waals surface area contributed by atoms with Crippen molar-refractivity contribution in [2.24, 2.45) is 0 Å². The summed E-state index contributed by atoms with van der Waals surface area (Å²) in [7, 11) is -1.52. The molecule has 1 aromatic carbocycles. The molecule has 0 aromatic heterocycles. The highest BCUT2D eigenvalue weighted by atomic mass is 28.3. The monoisotopic (exact) mass is 278 g/mol. The summed E-state index contributed by atoms with van der Waals surface area (Å²) < 4.78 is 0. The molecule has 0 aliphatic rings. The summed E-state index contributed by atoms with van der Waals surface area (Å²) in [5.41, 5.74) is 2.79. The van der Waals surface area contributed by atoms with E-state index in [9.17, 15) is 5.11 Å². The minimum atomic E-state index is -1.52. The van der Waals surface area contributed by atoms with Gasteiger partial charge in [-0.1, -0.05) is 67.2 Å². The van der Waals surface area contributed by atoms with Crippen molar-refractivity contribution in [3.05, 3.63) is 23.3 Å². The van der Waals surface area contributed by atoms with E-state index >= 15 is 0 Å². The Morgan fingerprint density at radius 2 is 1.16 bits per heavy atom. The van der Waals surface area contributed by atoms with Gasteiger partial charge in [0.1, 0.15) is 5.75 Å². The number of hydrogen-bond acceptors (Lipinski definition) is 1. The molecule has 2 heteroatoms. The number of phenolic OH excluding ortho intramolecular Hbond substituents is 1. The largest absolute Gasteiger partial charge is 0.508 e. The number of hydrogen-bond donors (Lipinski definition) is 1. The highest BCUT2D eigenvalue weighted by Gasteiger charge is 2.29. The molecule has 1 rings (SSSR count). The van der Waals surface area contributed by atoms with Gasteiger partial charge in [0.15, 0.2) is 0 Å². The standard InChI is InChI=1S/C17H30OSi/c1-16(2,3)12-10-14(18)15(19(7,8)9)11-13(12)17(4,5)6/h10-11,18H,1-9H3. The maximum Gasteiger partial charge on any atom is 0.115 e. The van der Waals surface area contributed by atoms with Crippen molar-refractivity contribution in [1.29, 1.82) is 0 Å². The SMILES string of the molecule is CC(C)(C)c1cc(O)c([Si](C)(C)C)cc1C(C)(C)C. The molecule has 0 atom stereocenters. The van der Waals surface area contributed by atoms with Crippen molar-refractivity contribution < 1.29 is 5.11 Å². The molecule has 0 saturated heterocycles. The van der Waals surface area contributed by atoms with Crippen LogP contribution in [0.15, 0.2) is 12.1 Å². The second-order valence-electron chi connectivity index (χ2n) is 8.66. The Kier molecular flexibility index (Phi) is 3.99. The molecule has 0 saturated carbocycles. The van der Waals surface area contributed by atoms with Crippen LogP contribution in [0.2, 0.25) is 19.6 Å². The lowest BCUT2D eigenvalue weighted by Crippen LogP contribution is -2.39. The minimum absolute atomic E-state index is 0.0536. The van der Waals surface area contributed by atoms with E-state index in [-0.39, 0.29) is 10.8 Å². The van der Waals surface area contributed by atoms with E-state index in [1.165, 1.54) is 16.3 Å². The normalized spacial score (nSPS) is 13.7. The number of rotatable bonds is 1. The minimum Gasteiger partial charge on any atom is -0.508 e. The second-order valence-corrected chi connectivity index (χ2v) is 13.7. The second kappa shape index (κ2) is 4.66. The molecular weight excluding hydrogens is 248 g/mol. The maximum absolute atomic E-state index is 10.4. The van der Waals surface area contributed by atoms with Crippen LogP contribution in [-0.4, -0.2) is 13.2 Å². The Morgan fingerprint density at radius 1 is 0.789 bits per heavy atom. The Hall–Kier alpha value is -0.763. The highest BCUT2D eigenvalue weighted by Crippen LogP contribution is 2.35. The lowest BCUT2D eigenvalue weighted by molar-refractivity contribution is 0.470. The Bertz CT molecular complexity index is 468. The third-order valence-electron chi connectivity index (χ3n) is 3.56. The number of aromatic hydroxyl groups is 1. The van der Waals surface area contributed by atoms with Crippen LogP contribution in [-0.2, 0) is 10.8 Å². The van der Waals surface area contributed by atoms with E-state index in [1.807, 2.05) is 6.07 Å². The van der Waals surface area contributed by atoms with Crippen LogP contribution < -0.4 is 5.19 Å². The molecule has 0 fully saturated rings. The van der Waals surface area contributed by atoms with Gasteiger partial charge in [-0.25, -0.2) is 0 Å². The predicted molar refractivity (Wildman–Crippen MR) is 88.5 cm³/mol. The van der Waals surface area contributed by atoms with Crippen LogP contribution in [0.1, 0.15) is 52.7 Å². The van der Waals surface area contributed by atoms with Crippen LogP contribution >= 0.6 is 0 Å². The molecule has 1 N–H and O–H groups in total. The zero-order chi connectivity index (χ0) is 15.2. The first-order valence-electron chi connectivity index (χ1n) is 7.13. The molecular formula is C17H30OSi. The summed E-state index contributed by atoms with van der Waals surface area (Å²) in [5.74, 6) is 0.483.